The Hall–Kier alpha value is -1.83. The van der Waals surface area contributed by atoms with Crippen molar-refractivity contribution >= 4 is 47.7 Å². The summed E-state index contributed by atoms with van der Waals surface area (Å²) in [5, 5.41) is 5.62. The molecule has 0 nitrogen and oxygen atoms in total. The van der Waals surface area contributed by atoms with Gasteiger partial charge in [0.25, 0.3) is 0 Å². The van der Waals surface area contributed by atoms with Crippen LogP contribution in [0.25, 0.3) is 33.0 Å². The van der Waals surface area contributed by atoms with E-state index in [1.807, 2.05) is 6.07 Å². The average Bonchev–Trinajstić information content (AvgIpc) is 3.59. The molecule has 4 heteroatoms. The number of rotatable bonds is 5. The van der Waals surface area contributed by atoms with Crippen LogP contribution in [0.3, 0.4) is 0 Å². The van der Waals surface area contributed by atoms with Crippen molar-refractivity contribution in [1.29, 1.82) is 0 Å². The summed E-state index contributed by atoms with van der Waals surface area (Å²) < 4.78 is 0. The van der Waals surface area contributed by atoms with Crippen LogP contribution in [0.1, 0.15) is 88.5 Å². The first-order valence-electron chi connectivity index (χ1n) is 14.9. The Kier molecular flexibility index (Phi) is 12.0. The largest absolute Gasteiger partial charge is 0.184 e. The van der Waals surface area contributed by atoms with E-state index in [0.29, 0.717) is 17.8 Å². The van der Waals surface area contributed by atoms with Gasteiger partial charge >= 0.3 is 37.9 Å². The van der Waals surface area contributed by atoms with Gasteiger partial charge in [-0.3, -0.25) is 0 Å². The second kappa shape index (κ2) is 15.3. The molecular formula is C38H40Cl2SiZr. The summed E-state index contributed by atoms with van der Waals surface area (Å²) in [4.78, 5) is 0. The molecule has 0 aliphatic carbocycles. The second-order valence-electron chi connectivity index (χ2n) is 11.8. The van der Waals surface area contributed by atoms with E-state index in [0.717, 1.165) is 15.9 Å². The van der Waals surface area contributed by atoms with E-state index in [1.165, 1.54) is 65.7 Å². The van der Waals surface area contributed by atoms with Gasteiger partial charge in [-0.05, 0) is 40.9 Å². The molecule has 0 spiro atoms. The van der Waals surface area contributed by atoms with E-state index in [9.17, 15) is 0 Å². The molecule has 0 N–H and O–H groups in total. The van der Waals surface area contributed by atoms with E-state index in [-0.39, 0.29) is 0 Å². The van der Waals surface area contributed by atoms with Crippen molar-refractivity contribution in [2.75, 3.05) is 0 Å². The maximum absolute atomic E-state index is 4.93. The molecule has 0 saturated heterocycles. The van der Waals surface area contributed by atoms with Crippen LogP contribution in [-0.4, -0.2) is 9.52 Å². The number of aryl methyl sites for hydroxylation is 1. The zero-order valence-corrected chi connectivity index (χ0v) is 30.7. The molecule has 0 amide bonds. The fourth-order valence-electron chi connectivity index (χ4n) is 5.53. The Morgan fingerprint density at radius 3 is 2.05 bits per heavy atom. The van der Waals surface area contributed by atoms with Crippen molar-refractivity contribution in [2.24, 2.45) is 0 Å². The van der Waals surface area contributed by atoms with Gasteiger partial charge in [-0.25, -0.2) is 0 Å². The molecule has 1 aliphatic heterocycles. The minimum atomic E-state index is -0.826. The van der Waals surface area contributed by atoms with Gasteiger partial charge in [0.15, 0.2) is 0 Å². The van der Waals surface area contributed by atoms with Gasteiger partial charge in [0.1, 0.15) is 0 Å². The van der Waals surface area contributed by atoms with Crippen molar-refractivity contribution in [2.45, 2.75) is 72.6 Å². The molecule has 0 fully saturated rings. The van der Waals surface area contributed by atoms with Crippen LogP contribution in [0.15, 0.2) is 84.9 Å². The van der Waals surface area contributed by atoms with E-state index >= 15 is 0 Å². The maximum Gasteiger partial charge on any atom is 0.0920 e. The first-order chi connectivity index (χ1) is 20.2. The third-order valence-corrected chi connectivity index (χ3v) is 9.35. The summed E-state index contributed by atoms with van der Waals surface area (Å²) in [5.41, 5.74) is 11.4. The third-order valence-electron chi connectivity index (χ3n) is 7.98. The van der Waals surface area contributed by atoms with Gasteiger partial charge in [0.2, 0.25) is 0 Å². The molecule has 0 saturated carbocycles. The van der Waals surface area contributed by atoms with Gasteiger partial charge in [0.05, 0.1) is 9.52 Å². The smallest absolute Gasteiger partial charge is 0.0920 e. The molecule has 0 aromatic heterocycles. The van der Waals surface area contributed by atoms with Crippen molar-refractivity contribution in [1.82, 2.24) is 0 Å². The van der Waals surface area contributed by atoms with Crippen molar-refractivity contribution in [3.63, 3.8) is 0 Å². The predicted molar refractivity (Wildman–Crippen MR) is 184 cm³/mol. The molecule has 6 rings (SSSR count). The molecule has 0 atom stereocenters. The summed E-state index contributed by atoms with van der Waals surface area (Å²) in [6.45, 7) is 16.0. The minimum absolute atomic E-state index is 0.544. The molecule has 42 heavy (non-hydrogen) atoms. The zero-order valence-electron chi connectivity index (χ0n) is 25.8. The molecule has 0 bridgehead atoms. The number of fused-ring (bicyclic) bond motifs is 4. The Morgan fingerprint density at radius 1 is 0.786 bits per heavy atom. The average molecular weight is 687 g/mol. The van der Waals surface area contributed by atoms with Gasteiger partial charge < -0.3 is 0 Å². The van der Waals surface area contributed by atoms with E-state index in [2.05, 4.69) is 133 Å². The topological polar surface area (TPSA) is 0 Å². The van der Waals surface area contributed by atoms with Gasteiger partial charge in [-0.1, -0.05) is 113 Å². The first-order valence-corrected chi connectivity index (χ1v) is 22.2. The molecule has 0 unspecified atom stereocenters. The van der Waals surface area contributed by atoms with Crippen LogP contribution in [0.2, 0.25) is 0 Å². The van der Waals surface area contributed by atoms with Crippen LogP contribution in [0.5, 0.6) is 0 Å². The second-order valence-corrected chi connectivity index (χ2v) is 16.8. The number of halogens is 2. The molecule has 5 aromatic carbocycles. The fourth-order valence-corrected chi connectivity index (χ4v) is 6.84. The number of hydrogen-bond donors (Lipinski definition) is 0. The van der Waals surface area contributed by atoms with E-state index < -0.39 is 20.8 Å². The van der Waals surface area contributed by atoms with Crippen molar-refractivity contribution < 1.29 is 20.8 Å². The van der Waals surface area contributed by atoms with Crippen LogP contribution < -0.4 is 10.4 Å². The van der Waals surface area contributed by atoms with Crippen molar-refractivity contribution in [3.05, 3.63) is 113 Å². The van der Waals surface area contributed by atoms with Crippen LogP contribution in [0, 0.1) is 6.07 Å². The normalized spacial score (nSPS) is 11.5. The molecule has 214 valence electrons. The van der Waals surface area contributed by atoms with Gasteiger partial charge in [0, 0.05) is 0 Å². The van der Waals surface area contributed by atoms with Crippen LogP contribution in [0.4, 0.5) is 0 Å². The SMILES string of the molecule is CCc1ccc2[cH-]c(C(C)C)cc2c1-c1cc(C(C)C)cc(C(C)C)c1.[Cl][Zr+2][Cl].[c-]1cccc2c1[Si]c1ccccc1-2. The first kappa shape index (κ1) is 33.1. The van der Waals surface area contributed by atoms with E-state index in [1.54, 1.807) is 0 Å². The predicted octanol–water partition coefficient (Wildman–Crippen LogP) is 10.7. The standard InChI is InChI=1S/C26H33.C12H7Si.2ClH.Zr/c1-8-19-9-10-20-11-23(18(6)7)15-25(20)26(19)24-13-21(16(2)3)12-22(14-24)17(4)5;1-3-7-11-9(5-1)10-6-2-4-8-12(10)13-11;;;/h9-18H,8H2,1-7H3;1-7H;2*1H;/q2*-1;;;+4/p-2. The third kappa shape index (κ3) is 7.62. The molecule has 5 aromatic rings. The molecule has 2 radical (unpaired) electrons. The van der Waals surface area contributed by atoms with Crippen LogP contribution >= 0.6 is 17.0 Å². The summed E-state index contributed by atoms with van der Waals surface area (Å²) in [6.07, 6.45) is 1.07. The number of benzene rings is 4. The van der Waals surface area contributed by atoms with Crippen LogP contribution in [-0.2, 0) is 27.3 Å². The van der Waals surface area contributed by atoms with Gasteiger partial charge in [-0.2, -0.15) is 35.5 Å². The Bertz CT molecular complexity index is 1560. The summed E-state index contributed by atoms with van der Waals surface area (Å²) in [5.74, 6) is 1.65. The maximum atomic E-state index is 4.93. The van der Waals surface area contributed by atoms with Crippen molar-refractivity contribution in [3.8, 4) is 22.3 Å². The summed E-state index contributed by atoms with van der Waals surface area (Å²) in [6, 6.07) is 34.8. The quantitative estimate of drug-likeness (QED) is 0.125. The monoisotopic (exact) mass is 684 g/mol. The minimum Gasteiger partial charge on any atom is -0.184 e. The Labute approximate surface area is 274 Å². The number of hydrogen-bond acceptors (Lipinski definition) is 0. The fraction of sp³-hybridized carbons (Fsp3) is 0.289. The summed E-state index contributed by atoms with van der Waals surface area (Å²) in [7, 11) is 10.7. The Morgan fingerprint density at radius 2 is 1.43 bits per heavy atom. The Balaban J connectivity index is 0.000000209. The van der Waals surface area contributed by atoms with Gasteiger partial charge in [-0.15, -0.1) is 40.1 Å². The summed E-state index contributed by atoms with van der Waals surface area (Å²) >= 11 is -0.826. The van der Waals surface area contributed by atoms with E-state index in [4.69, 9.17) is 17.0 Å². The molecule has 1 heterocycles. The molecule has 1 aliphatic rings. The molecular weight excluding hydrogens is 647 g/mol. The zero-order chi connectivity index (χ0) is 30.4.